The molecule has 0 saturated carbocycles. The van der Waals surface area contributed by atoms with Crippen LogP contribution in [0.25, 0.3) is 5.65 Å². The van der Waals surface area contributed by atoms with E-state index in [0.29, 0.717) is 13.0 Å². The number of halogens is 1. The van der Waals surface area contributed by atoms with Crippen molar-refractivity contribution < 1.29 is 9.53 Å². The Balaban J connectivity index is 1.48. The topological polar surface area (TPSA) is 68.5 Å². The van der Waals surface area contributed by atoms with E-state index in [1.807, 2.05) is 40.9 Å². The minimum atomic E-state index is -0.422. The molecular formula is C16H15IN4O2. The molecule has 1 N–H and O–H groups in total. The summed E-state index contributed by atoms with van der Waals surface area (Å²) in [5, 5.41) is 2.74. The van der Waals surface area contributed by atoms with Crippen molar-refractivity contribution in [3.63, 3.8) is 0 Å². The summed E-state index contributed by atoms with van der Waals surface area (Å²) in [5.41, 5.74) is 2.70. The fourth-order valence-corrected chi connectivity index (χ4v) is 2.94. The van der Waals surface area contributed by atoms with Gasteiger partial charge in [-0.2, -0.15) is 0 Å². The molecule has 7 heteroatoms. The quantitative estimate of drug-likeness (QED) is 0.643. The highest BCUT2D eigenvalue weighted by atomic mass is 127. The average molecular weight is 422 g/mol. The lowest BCUT2D eigenvalue weighted by Crippen LogP contribution is -2.26. The lowest BCUT2D eigenvalue weighted by Gasteiger charge is -2.06. The van der Waals surface area contributed by atoms with Gasteiger partial charge in [0.2, 0.25) is 0 Å². The minimum Gasteiger partial charge on any atom is -0.445 e. The Kier molecular flexibility index (Phi) is 5.06. The van der Waals surface area contributed by atoms with E-state index < -0.39 is 6.09 Å². The normalized spacial score (nSPS) is 10.7. The van der Waals surface area contributed by atoms with E-state index in [1.165, 1.54) is 0 Å². The van der Waals surface area contributed by atoms with Gasteiger partial charge >= 0.3 is 6.09 Å². The second-order valence-electron chi connectivity index (χ2n) is 4.89. The first-order valence-corrected chi connectivity index (χ1v) is 8.23. The average Bonchev–Trinajstić information content (AvgIpc) is 2.91. The first kappa shape index (κ1) is 15.7. The number of amides is 1. The summed E-state index contributed by atoms with van der Waals surface area (Å²) in [6, 6.07) is 9.59. The monoisotopic (exact) mass is 422 g/mol. The molecule has 0 aliphatic heterocycles. The molecule has 0 unspecified atom stereocenters. The third-order valence-electron chi connectivity index (χ3n) is 3.28. The molecule has 0 aliphatic carbocycles. The van der Waals surface area contributed by atoms with Gasteiger partial charge in [0.25, 0.3) is 0 Å². The molecular weight excluding hydrogens is 407 g/mol. The summed E-state index contributed by atoms with van der Waals surface area (Å²) in [5.74, 6) is 0. The molecule has 6 nitrogen and oxygen atoms in total. The Morgan fingerprint density at radius 1 is 1.30 bits per heavy atom. The van der Waals surface area contributed by atoms with Gasteiger partial charge in [0.15, 0.2) is 5.65 Å². The molecule has 23 heavy (non-hydrogen) atoms. The molecule has 2 aromatic heterocycles. The molecule has 1 amide bonds. The van der Waals surface area contributed by atoms with Crippen LogP contribution in [0.1, 0.15) is 11.3 Å². The number of rotatable bonds is 5. The van der Waals surface area contributed by atoms with Crippen LogP contribution in [-0.4, -0.2) is 27.0 Å². The highest BCUT2D eigenvalue weighted by Gasteiger charge is 2.10. The van der Waals surface area contributed by atoms with Gasteiger partial charge in [0.1, 0.15) is 10.3 Å². The SMILES string of the molecule is O=C(NCCc1nc2cnccn2c1I)OCc1ccccc1. The minimum absolute atomic E-state index is 0.268. The molecule has 0 fully saturated rings. The molecule has 0 spiro atoms. The van der Waals surface area contributed by atoms with Gasteiger partial charge < -0.3 is 10.1 Å². The van der Waals surface area contributed by atoms with E-state index in [4.69, 9.17) is 4.74 Å². The van der Waals surface area contributed by atoms with Crippen LogP contribution in [0.4, 0.5) is 4.79 Å². The van der Waals surface area contributed by atoms with Crippen molar-refractivity contribution in [1.29, 1.82) is 0 Å². The van der Waals surface area contributed by atoms with E-state index in [2.05, 4.69) is 37.9 Å². The molecule has 118 valence electrons. The van der Waals surface area contributed by atoms with E-state index >= 15 is 0 Å². The smallest absolute Gasteiger partial charge is 0.407 e. The van der Waals surface area contributed by atoms with Crippen molar-refractivity contribution in [3.8, 4) is 0 Å². The maximum Gasteiger partial charge on any atom is 0.407 e. The maximum atomic E-state index is 11.7. The Hall–Kier alpha value is -2.16. The number of nitrogens with zero attached hydrogens (tertiary/aromatic N) is 3. The number of benzene rings is 1. The van der Waals surface area contributed by atoms with Gasteiger partial charge in [-0.15, -0.1) is 0 Å². The molecule has 0 saturated heterocycles. The number of hydrogen-bond acceptors (Lipinski definition) is 4. The molecule has 2 heterocycles. The van der Waals surface area contributed by atoms with E-state index in [-0.39, 0.29) is 6.61 Å². The van der Waals surface area contributed by atoms with Crippen molar-refractivity contribution in [2.24, 2.45) is 0 Å². The second-order valence-corrected chi connectivity index (χ2v) is 5.91. The van der Waals surface area contributed by atoms with Gasteiger partial charge in [-0.05, 0) is 28.2 Å². The van der Waals surface area contributed by atoms with Crippen molar-refractivity contribution in [3.05, 3.63) is 63.9 Å². The lowest BCUT2D eigenvalue weighted by atomic mass is 10.2. The molecule has 0 bridgehead atoms. The number of fused-ring (bicyclic) bond motifs is 1. The van der Waals surface area contributed by atoms with Gasteiger partial charge in [-0.3, -0.25) is 9.38 Å². The summed E-state index contributed by atoms with van der Waals surface area (Å²) in [6.45, 7) is 0.741. The second kappa shape index (κ2) is 7.40. The number of aromatic nitrogens is 3. The molecule has 0 atom stereocenters. The van der Waals surface area contributed by atoms with Crippen molar-refractivity contribution in [2.75, 3.05) is 6.54 Å². The number of alkyl carbamates (subject to hydrolysis) is 1. The molecule has 0 radical (unpaired) electrons. The largest absolute Gasteiger partial charge is 0.445 e. The van der Waals surface area contributed by atoms with Gasteiger partial charge in [0, 0.05) is 25.4 Å². The van der Waals surface area contributed by atoms with E-state index in [9.17, 15) is 4.79 Å². The van der Waals surface area contributed by atoms with Gasteiger partial charge in [-0.1, -0.05) is 30.3 Å². The summed E-state index contributed by atoms with van der Waals surface area (Å²) in [6.07, 6.45) is 5.53. The van der Waals surface area contributed by atoms with Crippen molar-refractivity contribution >= 4 is 34.3 Å². The van der Waals surface area contributed by atoms with Crippen molar-refractivity contribution in [2.45, 2.75) is 13.0 Å². The number of nitrogens with one attached hydrogen (secondary N) is 1. The van der Waals surface area contributed by atoms with Crippen LogP contribution in [0, 0.1) is 3.70 Å². The molecule has 3 rings (SSSR count). The summed E-state index contributed by atoms with van der Waals surface area (Å²) >= 11 is 2.24. The highest BCUT2D eigenvalue weighted by Crippen LogP contribution is 2.14. The van der Waals surface area contributed by atoms with Crippen LogP contribution in [-0.2, 0) is 17.8 Å². The van der Waals surface area contributed by atoms with Crippen LogP contribution in [0.3, 0.4) is 0 Å². The van der Waals surface area contributed by atoms with E-state index in [1.54, 1.807) is 12.4 Å². The fraction of sp³-hybridized carbons (Fsp3) is 0.188. The highest BCUT2D eigenvalue weighted by molar-refractivity contribution is 14.1. The first-order valence-electron chi connectivity index (χ1n) is 7.15. The Bertz CT molecular complexity index is 804. The molecule has 0 aliphatic rings. The van der Waals surface area contributed by atoms with E-state index in [0.717, 1.165) is 20.6 Å². The third kappa shape index (κ3) is 3.98. The molecule has 1 aromatic carbocycles. The Morgan fingerprint density at radius 2 is 2.13 bits per heavy atom. The van der Waals surface area contributed by atoms with Crippen LogP contribution in [0.2, 0.25) is 0 Å². The van der Waals surface area contributed by atoms with Crippen LogP contribution in [0.5, 0.6) is 0 Å². The van der Waals surface area contributed by atoms with Crippen molar-refractivity contribution in [1.82, 2.24) is 19.7 Å². The number of hydrogen-bond donors (Lipinski definition) is 1. The standard InChI is InChI=1S/C16H15IN4O2/c17-15-13(20-14-10-18-8-9-21(14)15)6-7-19-16(22)23-11-12-4-2-1-3-5-12/h1-5,8-10H,6-7,11H2,(H,19,22). The number of carbonyl (C=O) groups is 1. The third-order valence-corrected chi connectivity index (χ3v) is 4.42. The lowest BCUT2D eigenvalue weighted by molar-refractivity contribution is 0.140. The van der Waals surface area contributed by atoms with Crippen LogP contribution < -0.4 is 5.32 Å². The zero-order valence-corrected chi connectivity index (χ0v) is 14.4. The predicted octanol–water partition coefficient (Wildman–Crippen LogP) is 2.80. The first-order chi connectivity index (χ1) is 11.2. The van der Waals surface area contributed by atoms with Crippen LogP contribution >= 0.6 is 22.6 Å². The number of carbonyl (C=O) groups excluding carboxylic acids is 1. The maximum absolute atomic E-state index is 11.7. The Labute approximate surface area is 147 Å². The van der Waals surface area contributed by atoms with Gasteiger partial charge in [0.05, 0.1) is 11.9 Å². The van der Waals surface area contributed by atoms with Crippen LogP contribution in [0.15, 0.2) is 48.9 Å². The summed E-state index contributed by atoms with van der Waals surface area (Å²) in [4.78, 5) is 20.2. The summed E-state index contributed by atoms with van der Waals surface area (Å²) in [7, 11) is 0. The summed E-state index contributed by atoms with van der Waals surface area (Å²) < 4.78 is 8.16. The number of imidazole rings is 1. The zero-order chi connectivity index (χ0) is 16.1. The zero-order valence-electron chi connectivity index (χ0n) is 12.3. The fourth-order valence-electron chi connectivity index (χ4n) is 2.14. The van der Waals surface area contributed by atoms with Gasteiger partial charge in [-0.25, -0.2) is 9.78 Å². The Morgan fingerprint density at radius 3 is 2.91 bits per heavy atom. The molecule has 3 aromatic rings. The predicted molar refractivity (Wildman–Crippen MR) is 94.0 cm³/mol. The number of ether oxygens (including phenoxy) is 1.